The molecule has 6 heteroatoms. The average Bonchev–Trinajstić information content (AvgIpc) is 2.84. The number of ether oxygens (including phenoxy) is 1. The Morgan fingerprint density at radius 1 is 1.13 bits per heavy atom. The first kappa shape index (κ1) is 15.7. The third kappa shape index (κ3) is 3.78. The Bertz CT molecular complexity index is 829. The van der Waals surface area contributed by atoms with Gasteiger partial charge in [-0.1, -0.05) is 41.4 Å². The van der Waals surface area contributed by atoms with Gasteiger partial charge in [0.1, 0.15) is 5.82 Å². The van der Waals surface area contributed by atoms with Crippen LogP contribution in [0.25, 0.3) is 6.08 Å². The monoisotopic (exact) mass is 349 g/mol. The number of nitrogens with zero attached hydrogens (tertiary/aromatic N) is 1. The van der Waals surface area contributed by atoms with E-state index in [0.717, 1.165) is 5.56 Å². The van der Waals surface area contributed by atoms with Gasteiger partial charge in [0.25, 0.3) is 0 Å². The van der Waals surface area contributed by atoms with Crippen LogP contribution in [0.3, 0.4) is 0 Å². The maximum absolute atomic E-state index is 12.9. The first-order valence-corrected chi connectivity index (χ1v) is 7.48. The number of aliphatic imine (C=N–C) groups is 1. The van der Waals surface area contributed by atoms with Crippen LogP contribution in [0.15, 0.2) is 53.2 Å². The second kappa shape index (κ2) is 6.52. The number of benzene rings is 2. The molecule has 2 aromatic rings. The molecule has 0 saturated carbocycles. The summed E-state index contributed by atoms with van der Waals surface area (Å²) in [7, 11) is 0. The molecule has 1 aliphatic rings. The summed E-state index contributed by atoms with van der Waals surface area (Å²) in [5, 5.41) is 0.923. The minimum atomic E-state index is -0.548. The van der Waals surface area contributed by atoms with Crippen molar-refractivity contribution in [3.8, 4) is 0 Å². The van der Waals surface area contributed by atoms with E-state index in [2.05, 4.69) is 4.99 Å². The van der Waals surface area contributed by atoms with E-state index in [9.17, 15) is 9.18 Å². The number of cyclic esters (lactones) is 1. The summed E-state index contributed by atoms with van der Waals surface area (Å²) in [5.41, 5.74) is 1.57. The van der Waals surface area contributed by atoms with Crippen LogP contribution in [-0.2, 0) is 16.0 Å². The summed E-state index contributed by atoms with van der Waals surface area (Å²) >= 11 is 11.9. The lowest BCUT2D eigenvalue weighted by molar-refractivity contribution is -0.130. The van der Waals surface area contributed by atoms with Crippen LogP contribution < -0.4 is 0 Å². The van der Waals surface area contributed by atoms with Crippen LogP contribution in [0.1, 0.15) is 11.1 Å². The molecule has 0 spiro atoms. The Balaban J connectivity index is 1.83. The Morgan fingerprint density at radius 3 is 2.57 bits per heavy atom. The van der Waals surface area contributed by atoms with Gasteiger partial charge in [-0.2, -0.15) is 0 Å². The van der Waals surface area contributed by atoms with Gasteiger partial charge in [0, 0.05) is 16.5 Å². The number of halogens is 3. The predicted octanol–water partition coefficient (Wildman–Crippen LogP) is 4.67. The van der Waals surface area contributed by atoms with E-state index in [1.807, 2.05) is 0 Å². The molecule has 0 bridgehead atoms. The lowest BCUT2D eigenvalue weighted by Gasteiger charge is -1.99. The van der Waals surface area contributed by atoms with Crippen molar-refractivity contribution >= 4 is 41.1 Å². The van der Waals surface area contributed by atoms with E-state index in [0.29, 0.717) is 22.0 Å². The molecule has 23 heavy (non-hydrogen) atoms. The Morgan fingerprint density at radius 2 is 1.87 bits per heavy atom. The smallest absolute Gasteiger partial charge is 0.363 e. The van der Waals surface area contributed by atoms with Crippen molar-refractivity contribution in [3.63, 3.8) is 0 Å². The number of esters is 1. The summed E-state index contributed by atoms with van der Waals surface area (Å²) in [5.74, 6) is -0.608. The molecule has 0 saturated heterocycles. The molecule has 3 rings (SSSR count). The predicted molar refractivity (Wildman–Crippen MR) is 88.1 cm³/mol. The van der Waals surface area contributed by atoms with Crippen LogP contribution in [0.5, 0.6) is 0 Å². The van der Waals surface area contributed by atoms with Gasteiger partial charge in [0.15, 0.2) is 5.70 Å². The van der Waals surface area contributed by atoms with Gasteiger partial charge in [-0.05, 0) is 41.5 Å². The van der Waals surface area contributed by atoms with Gasteiger partial charge in [-0.15, -0.1) is 0 Å². The zero-order valence-electron chi connectivity index (χ0n) is 11.7. The largest absolute Gasteiger partial charge is 0.406 e. The van der Waals surface area contributed by atoms with Gasteiger partial charge >= 0.3 is 5.97 Å². The maximum atomic E-state index is 12.9. The van der Waals surface area contributed by atoms with Crippen molar-refractivity contribution in [1.29, 1.82) is 0 Å². The topological polar surface area (TPSA) is 38.7 Å². The van der Waals surface area contributed by atoms with Crippen molar-refractivity contribution in [3.05, 3.63) is 75.2 Å². The zero-order chi connectivity index (χ0) is 16.4. The lowest BCUT2D eigenvalue weighted by atomic mass is 10.1. The fourth-order valence-electron chi connectivity index (χ4n) is 2.07. The molecular weight excluding hydrogens is 340 g/mol. The van der Waals surface area contributed by atoms with Crippen molar-refractivity contribution in [1.82, 2.24) is 0 Å². The van der Waals surface area contributed by atoms with Crippen molar-refractivity contribution in [2.24, 2.45) is 4.99 Å². The number of carbonyl (C=O) groups excluding carboxylic acids is 1. The molecule has 116 valence electrons. The first-order valence-electron chi connectivity index (χ1n) is 6.72. The highest BCUT2D eigenvalue weighted by Gasteiger charge is 2.23. The second-order valence-electron chi connectivity index (χ2n) is 4.89. The van der Waals surface area contributed by atoms with Crippen molar-refractivity contribution in [2.75, 3.05) is 0 Å². The Labute approximate surface area is 142 Å². The van der Waals surface area contributed by atoms with E-state index in [1.54, 1.807) is 36.4 Å². The molecule has 2 aromatic carbocycles. The zero-order valence-corrected chi connectivity index (χ0v) is 13.2. The molecule has 1 aliphatic heterocycles. The van der Waals surface area contributed by atoms with Gasteiger partial charge < -0.3 is 4.74 Å². The van der Waals surface area contributed by atoms with Crippen molar-refractivity contribution in [2.45, 2.75) is 6.42 Å². The summed E-state index contributed by atoms with van der Waals surface area (Å²) in [6.45, 7) is 0. The van der Waals surface area contributed by atoms with Crippen molar-refractivity contribution < 1.29 is 13.9 Å². The Hall–Kier alpha value is -2.17. The lowest BCUT2D eigenvalue weighted by Crippen LogP contribution is -2.06. The van der Waals surface area contributed by atoms with E-state index in [-0.39, 0.29) is 17.4 Å². The van der Waals surface area contributed by atoms with Crippen LogP contribution in [0, 0.1) is 5.82 Å². The normalized spacial score (nSPS) is 15.7. The molecule has 3 nitrogen and oxygen atoms in total. The van der Waals surface area contributed by atoms with E-state index in [1.165, 1.54) is 12.1 Å². The minimum Gasteiger partial charge on any atom is -0.406 e. The molecule has 0 aliphatic carbocycles. The summed E-state index contributed by atoms with van der Waals surface area (Å²) in [6, 6.07) is 10.9. The van der Waals surface area contributed by atoms with E-state index < -0.39 is 5.97 Å². The SMILES string of the molecule is O=C1OC(Cc2ccc(F)cc2)=N/C1=C\c1ccc(Cl)cc1Cl. The highest BCUT2D eigenvalue weighted by molar-refractivity contribution is 6.35. The van der Waals surface area contributed by atoms with Gasteiger partial charge in [0.2, 0.25) is 5.90 Å². The number of hydrogen-bond donors (Lipinski definition) is 0. The number of hydrogen-bond acceptors (Lipinski definition) is 3. The molecule has 0 radical (unpaired) electrons. The molecule has 0 aromatic heterocycles. The molecule has 0 amide bonds. The van der Waals surface area contributed by atoms with E-state index in [4.69, 9.17) is 27.9 Å². The molecule has 0 N–H and O–H groups in total. The third-order valence-electron chi connectivity index (χ3n) is 3.19. The fourth-order valence-corrected chi connectivity index (χ4v) is 2.53. The van der Waals surface area contributed by atoms with Crippen LogP contribution in [0.4, 0.5) is 4.39 Å². The highest BCUT2D eigenvalue weighted by atomic mass is 35.5. The molecular formula is C17H10Cl2FNO2. The maximum Gasteiger partial charge on any atom is 0.363 e. The summed E-state index contributed by atoms with van der Waals surface area (Å²) in [6.07, 6.45) is 1.84. The standard InChI is InChI=1S/C17H10Cl2FNO2/c18-12-4-3-11(14(19)9-12)8-15-17(22)23-16(21-15)7-10-1-5-13(20)6-2-10/h1-6,8-9H,7H2/b15-8-. The van der Waals surface area contributed by atoms with Gasteiger partial charge in [0.05, 0.1) is 0 Å². The molecule has 0 atom stereocenters. The van der Waals surface area contributed by atoms with Crippen LogP contribution in [0.2, 0.25) is 10.0 Å². The molecule has 0 unspecified atom stereocenters. The highest BCUT2D eigenvalue weighted by Crippen LogP contribution is 2.25. The minimum absolute atomic E-state index is 0.159. The van der Waals surface area contributed by atoms with Gasteiger partial charge in [-0.3, -0.25) is 0 Å². The van der Waals surface area contributed by atoms with Gasteiger partial charge in [-0.25, -0.2) is 14.2 Å². The van der Waals surface area contributed by atoms with Crippen LogP contribution in [-0.4, -0.2) is 11.9 Å². The quantitative estimate of drug-likeness (QED) is 0.596. The van der Waals surface area contributed by atoms with Crippen LogP contribution >= 0.6 is 23.2 Å². The van der Waals surface area contributed by atoms with E-state index >= 15 is 0 Å². The second-order valence-corrected chi connectivity index (χ2v) is 5.74. The fraction of sp³-hybridized carbons (Fsp3) is 0.0588. The average molecular weight is 350 g/mol. The molecule has 1 heterocycles. The molecule has 0 fully saturated rings. The number of carbonyl (C=O) groups is 1. The summed E-state index contributed by atoms with van der Waals surface area (Å²) in [4.78, 5) is 16.0. The third-order valence-corrected chi connectivity index (χ3v) is 3.75. The summed E-state index contributed by atoms with van der Waals surface area (Å²) < 4.78 is 18.0. The Kier molecular flexibility index (Phi) is 4.46. The number of rotatable bonds is 3. The first-order chi connectivity index (χ1) is 11.0.